The largest absolute Gasteiger partial charge is 0.432 e. The Morgan fingerprint density at radius 2 is 0.800 bits per heavy atom. The summed E-state index contributed by atoms with van der Waals surface area (Å²) in [6, 6.07) is -0.105. The minimum absolute atomic E-state index is 0.105. The predicted molar refractivity (Wildman–Crippen MR) is 123 cm³/mol. The van der Waals surface area contributed by atoms with Gasteiger partial charge in [0.15, 0.2) is 46.5 Å². The molecule has 0 aliphatic heterocycles. The number of nitrogen functional groups attached to an aromatic ring is 2. The highest BCUT2D eigenvalue weighted by atomic mass is 28.5. The van der Waals surface area contributed by atoms with Crippen LogP contribution in [-0.4, -0.2) is 31.7 Å². The lowest BCUT2D eigenvalue weighted by atomic mass is 10.2. The van der Waals surface area contributed by atoms with Crippen molar-refractivity contribution in [3.63, 3.8) is 0 Å². The Balaban J connectivity index is 2.61. The van der Waals surface area contributed by atoms with E-state index in [2.05, 4.69) is 0 Å². The fourth-order valence-corrected chi connectivity index (χ4v) is 17.8. The summed E-state index contributed by atoms with van der Waals surface area (Å²) in [5.74, 6) is -14.2. The molecule has 5 nitrogen and oxygen atoms in total. The first-order valence-electron chi connectivity index (χ1n) is 10.2. The lowest BCUT2D eigenvalue weighted by molar-refractivity contribution is 0.383. The van der Waals surface area contributed by atoms with E-state index >= 15 is 0 Å². The average Bonchev–Trinajstić information content (AvgIpc) is 2.72. The van der Waals surface area contributed by atoms with Gasteiger partial charge in [-0.15, -0.1) is 0 Å². The van der Waals surface area contributed by atoms with Gasteiger partial charge in [-0.1, -0.05) is 0 Å². The Morgan fingerprint density at radius 3 is 1.03 bits per heavy atom. The molecule has 0 atom stereocenters. The molecule has 35 heavy (non-hydrogen) atoms. The monoisotopic (exact) mass is 563 g/mol. The summed E-state index contributed by atoms with van der Waals surface area (Å²) >= 11 is 0. The summed E-state index contributed by atoms with van der Waals surface area (Å²) in [4.78, 5) is 0. The molecule has 0 bridgehead atoms. The SMILES string of the molecule is C[Si](CCN)(O[Si](C)(C)c1c(F)c(F)c(N)c(F)c1F)O[Si](C)(C)c1c(F)c(F)c(N)c(F)c1F. The first-order chi connectivity index (χ1) is 15.8. The number of rotatable bonds is 8. The Bertz CT molecular complexity index is 1030. The van der Waals surface area contributed by atoms with E-state index in [9.17, 15) is 35.1 Å². The summed E-state index contributed by atoms with van der Waals surface area (Å²) in [5, 5.41) is -2.02. The molecule has 0 aromatic heterocycles. The van der Waals surface area contributed by atoms with Crippen molar-refractivity contribution < 1.29 is 43.4 Å². The van der Waals surface area contributed by atoms with Gasteiger partial charge in [-0.2, -0.15) is 0 Å². The number of hydrogen-bond donors (Lipinski definition) is 3. The summed E-state index contributed by atoms with van der Waals surface area (Å²) in [6.07, 6.45) is 0. The number of benzene rings is 2. The molecule has 2 rings (SSSR count). The van der Waals surface area contributed by atoms with Crippen LogP contribution in [0.3, 0.4) is 0 Å². The standard InChI is InChI=1S/C19H25F8N3O2Si3/c1-33(2,18-12(24)8(20)16(29)9(21)13(18)25)31-35(5,7-6-28)32-34(3,4)19-14(26)10(22)17(30)11(23)15(19)27/h6-7,28-30H2,1-5H3. The van der Waals surface area contributed by atoms with Crippen LogP contribution in [0.1, 0.15) is 0 Å². The van der Waals surface area contributed by atoms with Crippen LogP contribution in [0.4, 0.5) is 46.5 Å². The van der Waals surface area contributed by atoms with E-state index in [4.69, 9.17) is 25.4 Å². The van der Waals surface area contributed by atoms with Crippen LogP contribution in [0.2, 0.25) is 38.8 Å². The first kappa shape index (κ1) is 29.2. The normalized spacial score (nSPS) is 13.0. The summed E-state index contributed by atoms with van der Waals surface area (Å²) in [6.45, 7) is 6.09. The highest BCUT2D eigenvalue weighted by molar-refractivity contribution is 6.96. The fourth-order valence-electron chi connectivity index (χ4n) is 3.92. The van der Waals surface area contributed by atoms with Crippen molar-refractivity contribution in [2.45, 2.75) is 38.8 Å². The molecule has 0 amide bonds. The predicted octanol–water partition coefficient (Wildman–Crippen LogP) is 3.55. The highest BCUT2D eigenvalue weighted by Gasteiger charge is 2.49. The lowest BCUT2D eigenvalue weighted by Crippen LogP contribution is -2.63. The van der Waals surface area contributed by atoms with Gasteiger partial charge in [-0.05, 0) is 39.3 Å². The molecule has 2 aromatic rings. The summed E-state index contributed by atoms with van der Waals surface area (Å²) in [5.41, 5.74) is 13.0. The van der Waals surface area contributed by atoms with Crippen molar-refractivity contribution in [1.82, 2.24) is 0 Å². The Labute approximate surface area is 199 Å². The van der Waals surface area contributed by atoms with Crippen LogP contribution in [0.5, 0.6) is 0 Å². The van der Waals surface area contributed by atoms with Gasteiger partial charge in [0.05, 0.1) is 0 Å². The molecule has 0 unspecified atom stereocenters. The van der Waals surface area contributed by atoms with Crippen LogP contribution in [0, 0.1) is 46.5 Å². The number of anilines is 2. The van der Waals surface area contributed by atoms with Crippen molar-refractivity contribution in [2.24, 2.45) is 5.73 Å². The minimum Gasteiger partial charge on any atom is -0.432 e. The topological polar surface area (TPSA) is 96.5 Å². The van der Waals surface area contributed by atoms with Gasteiger partial charge < -0.3 is 25.4 Å². The van der Waals surface area contributed by atoms with Crippen molar-refractivity contribution in [1.29, 1.82) is 0 Å². The van der Waals surface area contributed by atoms with E-state index in [1.807, 2.05) is 0 Å². The Morgan fingerprint density at radius 1 is 0.543 bits per heavy atom. The maximum atomic E-state index is 14.7. The molecule has 0 heterocycles. The molecule has 0 saturated carbocycles. The van der Waals surface area contributed by atoms with Gasteiger partial charge in [0.2, 0.25) is 16.6 Å². The van der Waals surface area contributed by atoms with Crippen molar-refractivity contribution in [3.8, 4) is 0 Å². The molecule has 16 heteroatoms. The maximum Gasteiger partial charge on any atom is 0.316 e. The molecule has 0 radical (unpaired) electrons. The quantitative estimate of drug-likeness (QED) is 0.198. The third kappa shape index (κ3) is 5.26. The van der Waals surface area contributed by atoms with Crippen molar-refractivity contribution in [3.05, 3.63) is 46.5 Å². The minimum atomic E-state index is -3.92. The number of hydrogen-bond acceptors (Lipinski definition) is 5. The average molecular weight is 564 g/mol. The molecule has 0 fully saturated rings. The van der Waals surface area contributed by atoms with E-state index in [-0.39, 0.29) is 12.6 Å². The molecule has 0 saturated heterocycles. The number of nitrogens with two attached hydrogens (primary N) is 3. The van der Waals surface area contributed by atoms with Gasteiger partial charge >= 0.3 is 8.56 Å². The zero-order valence-electron chi connectivity index (χ0n) is 19.5. The van der Waals surface area contributed by atoms with E-state index in [1.165, 1.54) is 32.7 Å². The van der Waals surface area contributed by atoms with Crippen molar-refractivity contribution in [2.75, 3.05) is 18.0 Å². The van der Waals surface area contributed by atoms with Gasteiger partial charge in [-0.3, -0.25) is 0 Å². The van der Waals surface area contributed by atoms with Gasteiger partial charge in [0.1, 0.15) is 11.4 Å². The molecule has 2 aromatic carbocycles. The molecular formula is C19H25F8N3O2Si3. The molecule has 0 aliphatic rings. The fraction of sp³-hybridized carbons (Fsp3) is 0.368. The van der Waals surface area contributed by atoms with Crippen LogP contribution < -0.4 is 27.6 Å². The lowest BCUT2D eigenvalue weighted by Gasteiger charge is -2.41. The summed E-state index contributed by atoms with van der Waals surface area (Å²) < 4.78 is 127. The zero-order valence-corrected chi connectivity index (χ0v) is 22.5. The van der Waals surface area contributed by atoms with Gasteiger partial charge in [-0.25, -0.2) is 35.1 Å². The molecule has 6 N–H and O–H groups in total. The van der Waals surface area contributed by atoms with E-state index < -0.39 is 93.5 Å². The number of halogens is 8. The second-order valence-corrected chi connectivity index (χ2v) is 20.4. The molecule has 0 aliphatic carbocycles. The van der Waals surface area contributed by atoms with Gasteiger partial charge in [0, 0.05) is 16.4 Å². The third-order valence-electron chi connectivity index (χ3n) is 5.34. The van der Waals surface area contributed by atoms with Crippen LogP contribution in [-0.2, 0) is 8.23 Å². The zero-order chi connectivity index (χ0) is 27.3. The summed E-state index contributed by atoms with van der Waals surface area (Å²) in [7, 11) is -11.6. The van der Waals surface area contributed by atoms with Gasteiger partial charge in [0.25, 0.3) is 0 Å². The van der Waals surface area contributed by atoms with Crippen LogP contribution in [0.15, 0.2) is 0 Å². The maximum absolute atomic E-state index is 14.7. The van der Waals surface area contributed by atoms with Crippen LogP contribution >= 0.6 is 0 Å². The molecule has 0 spiro atoms. The Kier molecular flexibility index (Phi) is 8.20. The van der Waals surface area contributed by atoms with Crippen molar-refractivity contribution >= 4 is 46.9 Å². The molecule has 196 valence electrons. The highest BCUT2D eigenvalue weighted by Crippen LogP contribution is 2.30. The third-order valence-corrected chi connectivity index (χ3v) is 17.4. The van der Waals surface area contributed by atoms with E-state index in [1.54, 1.807) is 0 Å². The van der Waals surface area contributed by atoms with E-state index in [0.717, 1.165) is 0 Å². The second-order valence-electron chi connectivity index (χ2n) is 8.99. The first-order valence-corrected chi connectivity index (χ1v) is 18.5. The second kappa shape index (κ2) is 9.81. The van der Waals surface area contributed by atoms with Crippen LogP contribution in [0.25, 0.3) is 0 Å². The smallest absolute Gasteiger partial charge is 0.316 e. The molecular weight excluding hydrogens is 538 g/mol. The van der Waals surface area contributed by atoms with E-state index in [0.29, 0.717) is 0 Å². The Hall–Kier alpha value is -1.99.